The zero-order valence-corrected chi connectivity index (χ0v) is 12.1. The average molecular weight is 266 g/mol. The van der Waals surface area contributed by atoms with Crippen molar-refractivity contribution in [2.45, 2.75) is 33.1 Å². The summed E-state index contributed by atoms with van der Waals surface area (Å²) in [6, 6.07) is 0. The molecule has 4 heteroatoms. The van der Waals surface area contributed by atoms with Gasteiger partial charge in [-0.3, -0.25) is 9.59 Å². The molecule has 4 atom stereocenters. The van der Waals surface area contributed by atoms with Crippen molar-refractivity contribution in [1.29, 1.82) is 0 Å². The number of carbonyl (C=O) groups is 2. The molecule has 4 unspecified atom stereocenters. The number of esters is 2. The number of rotatable bonds is 4. The smallest absolute Gasteiger partial charge is 0.313 e. The lowest BCUT2D eigenvalue weighted by molar-refractivity contribution is -0.181. The van der Waals surface area contributed by atoms with Gasteiger partial charge in [0.1, 0.15) is 0 Å². The number of fused-ring (bicyclic) bond motifs is 2. The highest BCUT2D eigenvalue weighted by Gasteiger charge is 2.72. The molecule has 2 aliphatic carbocycles. The highest BCUT2D eigenvalue weighted by molar-refractivity contribution is 5.91. The van der Waals surface area contributed by atoms with Crippen LogP contribution in [0.2, 0.25) is 0 Å². The van der Waals surface area contributed by atoms with Gasteiger partial charge in [0, 0.05) is 0 Å². The number of allylic oxidation sites excluding steroid dienone is 2. The van der Waals surface area contributed by atoms with E-state index in [0.29, 0.717) is 12.8 Å². The molecule has 0 aromatic carbocycles. The van der Waals surface area contributed by atoms with Crippen LogP contribution in [0.15, 0.2) is 12.2 Å². The standard InChI is InChI=1S/C15H22O4/c1-5-14(12(16)18-3)10-7-8-11(9-10)15(14,6-2)13(17)19-4/h7-8,10-11H,5-6,9H2,1-4H3. The summed E-state index contributed by atoms with van der Waals surface area (Å²) in [7, 11) is 2.79. The number of ether oxygens (including phenoxy) is 2. The maximum Gasteiger partial charge on any atom is 0.313 e. The van der Waals surface area contributed by atoms with E-state index in [0.717, 1.165) is 6.42 Å². The van der Waals surface area contributed by atoms with Crippen molar-refractivity contribution >= 4 is 11.9 Å². The minimum atomic E-state index is -0.775. The fourth-order valence-corrected chi connectivity index (χ4v) is 4.57. The van der Waals surface area contributed by atoms with Crippen molar-refractivity contribution in [2.24, 2.45) is 22.7 Å². The summed E-state index contributed by atoms with van der Waals surface area (Å²) in [4.78, 5) is 25.0. The van der Waals surface area contributed by atoms with Gasteiger partial charge in [0.25, 0.3) is 0 Å². The Morgan fingerprint density at radius 2 is 1.37 bits per heavy atom. The summed E-state index contributed by atoms with van der Waals surface area (Å²) in [5.74, 6) is -0.402. The second-order valence-corrected chi connectivity index (χ2v) is 5.47. The first-order valence-electron chi connectivity index (χ1n) is 6.90. The number of carbonyl (C=O) groups excluding carboxylic acids is 2. The quantitative estimate of drug-likeness (QED) is 0.579. The third kappa shape index (κ3) is 1.40. The number of hydrogen-bond acceptors (Lipinski definition) is 4. The van der Waals surface area contributed by atoms with E-state index >= 15 is 0 Å². The Balaban J connectivity index is 2.64. The predicted octanol–water partition coefficient (Wildman–Crippen LogP) is 2.33. The summed E-state index contributed by atoms with van der Waals surface area (Å²) in [6.45, 7) is 3.91. The molecule has 2 aliphatic rings. The van der Waals surface area contributed by atoms with Crippen molar-refractivity contribution in [1.82, 2.24) is 0 Å². The molecule has 0 heterocycles. The van der Waals surface area contributed by atoms with Gasteiger partial charge in [-0.05, 0) is 31.1 Å². The van der Waals surface area contributed by atoms with Crippen LogP contribution in [0.5, 0.6) is 0 Å². The van der Waals surface area contributed by atoms with Gasteiger partial charge in [-0.25, -0.2) is 0 Å². The maximum atomic E-state index is 12.5. The largest absolute Gasteiger partial charge is 0.469 e. The van der Waals surface area contributed by atoms with E-state index in [1.54, 1.807) is 0 Å². The first-order chi connectivity index (χ1) is 9.04. The lowest BCUT2D eigenvalue weighted by Gasteiger charge is -2.46. The molecule has 0 aromatic rings. The Morgan fingerprint density at radius 1 is 1.00 bits per heavy atom. The lowest BCUT2D eigenvalue weighted by atomic mass is 9.55. The van der Waals surface area contributed by atoms with E-state index < -0.39 is 10.8 Å². The molecule has 0 N–H and O–H groups in total. The van der Waals surface area contributed by atoms with Gasteiger partial charge in [-0.1, -0.05) is 26.0 Å². The van der Waals surface area contributed by atoms with Crippen LogP contribution in [0.3, 0.4) is 0 Å². The van der Waals surface area contributed by atoms with Gasteiger partial charge >= 0.3 is 11.9 Å². The van der Waals surface area contributed by atoms with Crippen LogP contribution >= 0.6 is 0 Å². The summed E-state index contributed by atoms with van der Waals surface area (Å²) in [6.07, 6.45) is 6.16. The summed E-state index contributed by atoms with van der Waals surface area (Å²) in [5, 5.41) is 0. The molecule has 0 radical (unpaired) electrons. The van der Waals surface area contributed by atoms with Gasteiger partial charge in [0.15, 0.2) is 0 Å². The first kappa shape index (κ1) is 14.1. The van der Waals surface area contributed by atoms with Crippen molar-refractivity contribution < 1.29 is 19.1 Å². The summed E-state index contributed by atoms with van der Waals surface area (Å²) in [5.41, 5.74) is -1.55. The SMILES string of the molecule is CCC1(C(=O)OC)C2C=CC(C2)C1(CC)C(=O)OC. The van der Waals surface area contributed by atoms with E-state index in [-0.39, 0.29) is 23.8 Å². The molecule has 2 rings (SSSR count). The molecular weight excluding hydrogens is 244 g/mol. The maximum absolute atomic E-state index is 12.5. The average Bonchev–Trinajstić information content (AvgIpc) is 3.03. The second kappa shape index (κ2) is 4.66. The predicted molar refractivity (Wildman–Crippen MR) is 70.2 cm³/mol. The summed E-state index contributed by atoms with van der Waals surface area (Å²) < 4.78 is 10.1. The zero-order valence-electron chi connectivity index (χ0n) is 12.1. The third-order valence-corrected chi connectivity index (χ3v) is 5.36. The van der Waals surface area contributed by atoms with Crippen molar-refractivity contribution in [3.8, 4) is 0 Å². The topological polar surface area (TPSA) is 52.6 Å². The van der Waals surface area contributed by atoms with E-state index in [2.05, 4.69) is 12.2 Å². The van der Waals surface area contributed by atoms with Gasteiger partial charge in [-0.15, -0.1) is 0 Å². The third-order valence-electron chi connectivity index (χ3n) is 5.36. The van der Waals surface area contributed by atoms with Gasteiger partial charge in [0.2, 0.25) is 0 Å². The molecule has 2 bridgehead atoms. The monoisotopic (exact) mass is 266 g/mol. The Kier molecular flexibility index (Phi) is 3.45. The van der Waals surface area contributed by atoms with E-state index in [1.807, 2.05) is 13.8 Å². The highest BCUT2D eigenvalue weighted by Crippen LogP contribution is 2.67. The van der Waals surface area contributed by atoms with Crippen LogP contribution in [-0.2, 0) is 19.1 Å². The molecule has 0 saturated heterocycles. The zero-order chi connectivity index (χ0) is 14.3. The molecule has 0 spiro atoms. The minimum absolute atomic E-state index is 0.0778. The fourth-order valence-electron chi connectivity index (χ4n) is 4.57. The second-order valence-electron chi connectivity index (χ2n) is 5.47. The highest BCUT2D eigenvalue weighted by atomic mass is 16.5. The lowest BCUT2D eigenvalue weighted by Crippen LogP contribution is -2.55. The molecule has 4 nitrogen and oxygen atoms in total. The molecule has 0 aliphatic heterocycles. The van der Waals surface area contributed by atoms with Crippen LogP contribution in [0.4, 0.5) is 0 Å². The molecule has 1 fully saturated rings. The fraction of sp³-hybridized carbons (Fsp3) is 0.733. The summed E-state index contributed by atoms with van der Waals surface area (Å²) >= 11 is 0. The van der Waals surface area contributed by atoms with Crippen LogP contribution in [0.1, 0.15) is 33.1 Å². The van der Waals surface area contributed by atoms with Crippen molar-refractivity contribution in [3.05, 3.63) is 12.2 Å². The number of methoxy groups -OCH3 is 2. The first-order valence-corrected chi connectivity index (χ1v) is 6.90. The van der Waals surface area contributed by atoms with Crippen LogP contribution < -0.4 is 0 Å². The van der Waals surface area contributed by atoms with E-state index in [4.69, 9.17) is 9.47 Å². The van der Waals surface area contributed by atoms with Crippen molar-refractivity contribution in [3.63, 3.8) is 0 Å². The molecule has 19 heavy (non-hydrogen) atoms. The Labute approximate surface area is 114 Å². The molecule has 1 saturated carbocycles. The van der Waals surface area contributed by atoms with Crippen LogP contribution in [-0.4, -0.2) is 26.2 Å². The van der Waals surface area contributed by atoms with Crippen LogP contribution in [0, 0.1) is 22.7 Å². The van der Waals surface area contributed by atoms with Crippen LogP contribution in [0.25, 0.3) is 0 Å². The van der Waals surface area contributed by atoms with E-state index in [1.165, 1.54) is 14.2 Å². The number of hydrogen-bond donors (Lipinski definition) is 0. The van der Waals surface area contributed by atoms with Gasteiger partial charge in [0.05, 0.1) is 25.0 Å². The Hall–Kier alpha value is -1.32. The van der Waals surface area contributed by atoms with E-state index in [9.17, 15) is 9.59 Å². The molecular formula is C15H22O4. The Morgan fingerprint density at radius 3 is 1.63 bits per heavy atom. The van der Waals surface area contributed by atoms with Crippen molar-refractivity contribution in [2.75, 3.05) is 14.2 Å². The Bertz CT molecular complexity index is 390. The molecule has 106 valence electrons. The minimum Gasteiger partial charge on any atom is -0.469 e. The molecule has 0 amide bonds. The van der Waals surface area contributed by atoms with Gasteiger partial charge < -0.3 is 9.47 Å². The van der Waals surface area contributed by atoms with Gasteiger partial charge in [-0.2, -0.15) is 0 Å². The molecule has 0 aromatic heterocycles. The normalized spacial score (nSPS) is 39.4.